The summed E-state index contributed by atoms with van der Waals surface area (Å²) in [5.74, 6) is 1.78. The van der Waals surface area contributed by atoms with E-state index in [1.54, 1.807) is 7.11 Å². The lowest BCUT2D eigenvalue weighted by Crippen LogP contribution is -2.34. The number of hydrogen-bond donors (Lipinski definition) is 1. The Morgan fingerprint density at radius 1 is 1.40 bits per heavy atom. The monoisotopic (exact) mass is 343 g/mol. The molecule has 1 atom stereocenters. The molecule has 134 valence electrons. The van der Waals surface area contributed by atoms with Crippen molar-refractivity contribution in [1.82, 2.24) is 10.1 Å². The van der Waals surface area contributed by atoms with Gasteiger partial charge >= 0.3 is 6.03 Å². The van der Waals surface area contributed by atoms with Gasteiger partial charge in [0.15, 0.2) is 0 Å². The summed E-state index contributed by atoms with van der Waals surface area (Å²) in [5.41, 5.74) is 2.57. The number of hydrogen-bond acceptors (Lipinski definition) is 4. The van der Waals surface area contributed by atoms with E-state index in [9.17, 15) is 4.79 Å². The van der Waals surface area contributed by atoms with E-state index in [0.717, 1.165) is 29.9 Å². The van der Waals surface area contributed by atoms with Gasteiger partial charge in [-0.3, -0.25) is 0 Å². The second-order valence-corrected chi connectivity index (χ2v) is 6.79. The Morgan fingerprint density at radius 3 is 2.88 bits per heavy atom. The molecular formula is C19H25N3O3. The number of nitrogens with one attached hydrogen (secondary N) is 1. The number of nitrogens with zero attached hydrogens (tertiary/aromatic N) is 2. The second-order valence-electron chi connectivity index (χ2n) is 6.79. The van der Waals surface area contributed by atoms with Crippen LogP contribution in [0.4, 0.5) is 10.5 Å². The standard InChI is InChI=1S/C19H25N3O3/c1-12(2)18-11-14(21-25-18)16-6-5-9-22(16)19(23)20-15-10-13(3)7-8-17(15)24-4/h7-8,10-12,16H,5-6,9H2,1-4H3,(H,20,23)/t16-/m1/s1. The summed E-state index contributed by atoms with van der Waals surface area (Å²) in [4.78, 5) is 14.6. The number of ether oxygens (including phenoxy) is 1. The first-order valence-corrected chi connectivity index (χ1v) is 8.68. The summed E-state index contributed by atoms with van der Waals surface area (Å²) in [7, 11) is 1.60. The molecule has 2 heterocycles. The van der Waals surface area contributed by atoms with Crippen molar-refractivity contribution in [1.29, 1.82) is 0 Å². The molecule has 0 spiro atoms. The van der Waals surface area contributed by atoms with Crippen LogP contribution in [0.5, 0.6) is 5.75 Å². The van der Waals surface area contributed by atoms with Gasteiger partial charge in [-0.15, -0.1) is 0 Å². The Balaban J connectivity index is 1.78. The van der Waals surface area contributed by atoms with Crippen LogP contribution in [0.3, 0.4) is 0 Å². The van der Waals surface area contributed by atoms with Crippen LogP contribution < -0.4 is 10.1 Å². The Bertz CT molecular complexity index is 754. The fourth-order valence-electron chi connectivity index (χ4n) is 3.16. The van der Waals surface area contributed by atoms with Crippen LogP contribution in [0.2, 0.25) is 0 Å². The van der Waals surface area contributed by atoms with Crippen LogP contribution in [0.25, 0.3) is 0 Å². The molecule has 0 bridgehead atoms. The average Bonchev–Trinajstić information content (AvgIpc) is 3.24. The lowest BCUT2D eigenvalue weighted by molar-refractivity contribution is 0.204. The Morgan fingerprint density at radius 2 is 2.20 bits per heavy atom. The molecule has 2 amide bonds. The maximum absolute atomic E-state index is 12.8. The number of benzene rings is 1. The number of likely N-dealkylation sites (tertiary alicyclic amines) is 1. The van der Waals surface area contributed by atoms with E-state index in [4.69, 9.17) is 9.26 Å². The van der Waals surface area contributed by atoms with Crippen molar-refractivity contribution in [3.05, 3.63) is 41.3 Å². The van der Waals surface area contributed by atoms with E-state index >= 15 is 0 Å². The van der Waals surface area contributed by atoms with Crippen LogP contribution in [0, 0.1) is 6.92 Å². The highest BCUT2D eigenvalue weighted by atomic mass is 16.5. The molecular weight excluding hydrogens is 318 g/mol. The number of urea groups is 1. The molecule has 1 aromatic carbocycles. The van der Waals surface area contributed by atoms with E-state index < -0.39 is 0 Å². The molecule has 1 N–H and O–H groups in total. The summed E-state index contributed by atoms with van der Waals surface area (Å²) in [6, 6.07) is 7.50. The summed E-state index contributed by atoms with van der Waals surface area (Å²) in [5, 5.41) is 7.16. The molecule has 1 saturated heterocycles. The summed E-state index contributed by atoms with van der Waals surface area (Å²) >= 11 is 0. The average molecular weight is 343 g/mol. The molecule has 1 fully saturated rings. The highest BCUT2D eigenvalue weighted by Crippen LogP contribution is 2.34. The lowest BCUT2D eigenvalue weighted by Gasteiger charge is -2.24. The first-order chi connectivity index (χ1) is 12.0. The van der Waals surface area contributed by atoms with Gasteiger partial charge in [0.1, 0.15) is 17.2 Å². The minimum absolute atomic E-state index is 0.0490. The van der Waals surface area contributed by atoms with Gasteiger partial charge < -0.3 is 19.5 Å². The van der Waals surface area contributed by atoms with Gasteiger partial charge in [0, 0.05) is 18.5 Å². The summed E-state index contributed by atoms with van der Waals surface area (Å²) in [6.45, 7) is 6.81. The number of amides is 2. The zero-order valence-electron chi connectivity index (χ0n) is 15.2. The van der Waals surface area contributed by atoms with E-state index in [1.165, 1.54) is 0 Å². The Hall–Kier alpha value is -2.50. The SMILES string of the molecule is COc1ccc(C)cc1NC(=O)N1CCC[C@@H]1c1cc(C(C)C)on1. The van der Waals surface area contributed by atoms with E-state index in [-0.39, 0.29) is 18.0 Å². The molecule has 6 nitrogen and oxygen atoms in total. The van der Waals surface area contributed by atoms with Crippen LogP contribution in [-0.4, -0.2) is 29.7 Å². The van der Waals surface area contributed by atoms with E-state index in [0.29, 0.717) is 18.0 Å². The van der Waals surface area contributed by atoms with Crippen LogP contribution in [0.15, 0.2) is 28.8 Å². The van der Waals surface area contributed by atoms with Gasteiger partial charge in [-0.25, -0.2) is 4.79 Å². The van der Waals surface area contributed by atoms with Crippen molar-refractivity contribution < 1.29 is 14.1 Å². The number of rotatable bonds is 4. The number of aromatic nitrogens is 1. The molecule has 0 saturated carbocycles. The van der Waals surface area contributed by atoms with Gasteiger partial charge in [-0.1, -0.05) is 25.1 Å². The summed E-state index contributed by atoms with van der Waals surface area (Å²) in [6.07, 6.45) is 1.84. The fourth-order valence-corrected chi connectivity index (χ4v) is 3.16. The number of carbonyl (C=O) groups is 1. The molecule has 3 rings (SSSR count). The normalized spacial score (nSPS) is 17.2. The molecule has 1 aliphatic rings. The largest absolute Gasteiger partial charge is 0.495 e. The zero-order chi connectivity index (χ0) is 18.0. The van der Waals surface area contributed by atoms with Crippen molar-refractivity contribution >= 4 is 11.7 Å². The maximum atomic E-state index is 12.8. The molecule has 6 heteroatoms. The number of carbonyl (C=O) groups excluding carboxylic acids is 1. The van der Waals surface area contributed by atoms with E-state index in [1.807, 2.05) is 36.1 Å². The zero-order valence-corrected chi connectivity index (χ0v) is 15.2. The third-order valence-electron chi connectivity index (χ3n) is 4.57. The van der Waals surface area contributed by atoms with Crippen molar-refractivity contribution in [2.75, 3.05) is 19.0 Å². The molecule has 0 radical (unpaired) electrons. The predicted molar refractivity (Wildman–Crippen MR) is 96.0 cm³/mol. The topological polar surface area (TPSA) is 67.6 Å². The van der Waals surface area contributed by atoms with Crippen LogP contribution in [0.1, 0.15) is 55.7 Å². The van der Waals surface area contributed by atoms with Crippen molar-refractivity contribution in [2.45, 2.75) is 45.6 Å². The molecule has 1 aliphatic heterocycles. The highest BCUT2D eigenvalue weighted by Gasteiger charge is 2.32. The van der Waals surface area contributed by atoms with Crippen molar-refractivity contribution in [2.24, 2.45) is 0 Å². The first kappa shape index (κ1) is 17.3. The number of anilines is 1. The smallest absolute Gasteiger partial charge is 0.322 e. The lowest BCUT2D eigenvalue weighted by atomic mass is 10.1. The minimum atomic E-state index is -0.138. The van der Waals surface area contributed by atoms with Gasteiger partial charge in [-0.05, 0) is 37.5 Å². The van der Waals surface area contributed by atoms with Crippen LogP contribution >= 0.6 is 0 Å². The Labute approximate surface area is 148 Å². The second kappa shape index (κ2) is 7.17. The molecule has 25 heavy (non-hydrogen) atoms. The fraction of sp³-hybridized carbons (Fsp3) is 0.474. The third-order valence-corrected chi connectivity index (χ3v) is 4.57. The van der Waals surface area contributed by atoms with Gasteiger partial charge in [0.25, 0.3) is 0 Å². The Kier molecular flexibility index (Phi) is 4.97. The molecule has 2 aromatic rings. The summed E-state index contributed by atoms with van der Waals surface area (Å²) < 4.78 is 10.8. The maximum Gasteiger partial charge on any atom is 0.322 e. The quantitative estimate of drug-likeness (QED) is 0.888. The van der Waals surface area contributed by atoms with Gasteiger partial charge in [0.05, 0.1) is 18.8 Å². The van der Waals surface area contributed by atoms with Gasteiger partial charge in [0.2, 0.25) is 0 Å². The molecule has 0 unspecified atom stereocenters. The number of methoxy groups -OCH3 is 1. The minimum Gasteiger partial charge on any atom is -0.495 e. The first-order valence-electron chi connectivity index (χ1n) is 8.68. The number of aryl methyl sites for hydroxylation is 1. The third kappa shape index (κ3) is 3.62. The van der Waals surface area contributed by atoms with Crippen molar-refractivity contribution in [3.63, 3.8) is 0 Å². The van der Waals surface area contributed by atoms with E-state index in [2.05, 4.69) is 24.3 Å². The van der Waals surface area contributed by atoms with Crippen molar-refractivity contribution in [3.8, 4) is 5.75 Å². The predicted octanol–water partition coefficient (Wildman–Crippen LogP) is 4.48. The molecule has 1 aromatic heterocycles. The highest BCUT2D eigenvalue weighted by molar-refractivity contribution is 5.91. The van der Waals surface area contributed by atoms with Gasteiger partial charge in [-0.2, -0.15) is 0 Å². The van der Waals surface area contributed by atoms with Crippen LogP contribution in [-0.2, 0) is 0 Å². The molecule has 0 aliphatic carbocycles.